The van der Waals surface area contributed by atoms with Crippen molar-refractivity contribution >= 4 is 10.8 Å². The van der Waals surface area contributed by atoms with E-state index in [1.807, 2.05) is 36.4 Å². The molecule has 1 spiro atoms. The Bertz CT molecular complexity index is 1050. The molecule has 0 N–H and O–H groups in total. The second-order valence-electron chi connectivity index (χ2n) is 7.34. The lowest BCUT2D eigenvalue weighted by Crippen LogP contribution is -2.32. The molecule has 5 rings (SSSR count). The first-order chi connectivity index (χ1) is 14.3. The van der Waals surface area contributed by atoms with Gasteiger partial charge in [-0.15, -0.1) is 0 Å². The fourth-order valence-corrected chi connectivity index (χ4v) is 4.56. The van der Waals surface area contributed by atoms with Gasteiger partial charge in [-0.2, -0.15) is 0 Å². The Morgan fingerprint density at radius 1 is 0.793 bits per heavy atom. The molecular formula is C24H24O5. The number of rotatable bonds is 4. The monoisotopic (exact) mass is 392 g/mol. The highest BCUT2D eigenvalue weighted by Gasteiger charge is 2.45. The Labute approximate surface area is 170 Å². The average molecular weight is 392 g/mol. The van der Waals surface area contributed by atoms with E-state index in [0.717, 1.165) is 64.2 Å². The van der Waals surface area contributed by atoms with E-state index < -0.39 is 5.79 Å². The van der Waals surface area contributed by atoms with E-state index in [0.29, 0.717) is 13.2 Å². The van der Waals surface area contributed by atoms with E-state index >= 15 is 0 Å². The molecule has 1 heterocycles. The van der Waals surface area contributed by atoms with Gasteiger partial charge in [-0.1, -0.05) is 24.3 Å². The molecule has 0 radical (unpaired) electrons. The molecule has 2 aliphatic rings. The molecule has 3 aromatic carbocycles. The van der Waals surface area contributed by atoms with Gasteiger partial charge in [0.15, 0.2) is 5.79 Å². The van der Waals surface area contributed by atoms with Gasteiger partial charge in [0.2, 0.25) is 0 Å². The fraction of sp³-hybridized carbons (Fsp3) is 0.333. The van der Waals surface area contributed by atoms with Gasteiger partial charge < -0.3 is 23.7 Å². The van der Waals surface area contributed by atoms with E-state index in [1.54, 1.807) is 14.2 Å². The van der Waals surface area contributed by atoms with Crippen LogP contribution >= 0.6 is 0 Å². The van der Waals surface area contributed by atoms with E-state index in [1.165, 1.54) is 0 Å². The predicted molar refractivity (Wildman–Crippen MR) is 110 cm³/mol. The standard InChI is InChI=1S/C24H24O5/c1-25-18-11-12-21(23-17(18)8-5-13-24(23)27-14-15-28-24)29-20-10-4-7-16-6-3-9-19(26-2)22(16)20/h3-4,6-7,9-12H,5,8,13-15H2,1-2H3. The van der Waals surface area contributed by atoms with Gasteiger partial charge in [0.25, 0.3) is 0 Å². The quantitative estimate of drug-likeness (QED) is 0.612. The van der Waals surface area contributed by atoms with Crippen LogP contribution in [0.5, 0.6) is 23.0 Å². The first kappa shape index (κ1) is 18.3. The third kappa shape index (κ3) is 2.93. The summed E-state index contributed by atoms with van der Waals surface area (Å²) in [6.45, 7) is 1.16. The molecule has 0 bridgehead atoms. The van der Waals surface area contributed by atoms with E-state index in [4.69, 9.17) is 23.7 Å². The van der Waals surface area contributed by atoms with Gasteiger partial charge in [-0.25, -0.2) is 0 Å². The molecule has 1 aliphatic carbocycles. The third-order valence-electron chi connectivity index (χ3n) is 5.79. The van der Waals surface area contributed by atoms with Crippen molar-refractivity contribution in [1.29, 1.82) is 0 Å². The summed E-state index contributed by atoms with van der Waals surface area (Å²) >= 11 is 0. The van der Waals surface area contributed by atoms with Crippen LogP contribution in [0.2, 0.25) is 0 Å². The number of ether oxygens (including phenoxy) is 5. The van der Waals surface area contributed by atoms with Crippen LogP contribution < -0.4 is 14.2 Å². The summed E-state index contributed by atoms with van der Waals surface area (Å²) in [4.78, 5) is 0. The van der Waals surface area contributed by atoms with Crippen molar-refractivity contribution in [3.8, 4) is 23.0 Å². The Kier molecular flexibility index (Phi) is 4.57. The minimum absolute atomic E-state index is 0.582. The van der Waals surface area contributed by atoms with Gasteiger partial charge in [0.05, 0.1) is 38.4 Å². The summed E-state index contributed by atoms with van der Waals surface area (Å²) < 4.78 is 30.0. The molecule has 0 unspecified atom stereocenters. The first-order valence-corrected chi connectivity index (χ1v) is 9.97. The SMILES string of the molecule is COc1ccc(Oc2cccc3cccc(OC)c23)c2c1CCCC21OCCO1. The minimum Gasteiger partial charge on any atom is -0.496 e. The summed E-state index contributed by atoms with van der Waals surface area (Å²) in [5, 5.41) is 2.01. The molecule has 0 aromatic heterocycles. The zero-order valence-electron chi connectivity index (χ0n) is 16.7. The molecule has 1 aliphatic heterocycles. The van der Waals surface area contributed by atoms with Crippen LogP contribution in [-0.2, 0) is 21.7 Å². The molecule has 0 amide bonds. The average Bonchev–Trinajstić information content (AvgIpc) is 3.22. The van der Waals surface area contributed by atoms with E-state index in [9.17, 15) is 0 Å². The highest BCUT2D eigenvalue weighted by molar-refractivity contribution is 5.94. The number of hydrogen-bond donors (Lipinski definition) is 0. The molecule has 5 heteroatoms. The maximum atomic E-state index is 6.52. The number of hydrogen-bond acceptors (Lipinski definition) is 5. The minimum atomic E-state index is -0.758. The summed E-state index contributed by atoms with van der Waals surface area (Å²) in [5.74, 6) is 2.35. The van der Waals surface area contributed by atoms with Crippen LogP contribution in [-0.4, -0.2) is 27.4 Å². The summed E-state index contributed by atoms with van der Waals surface area (Å²) in [6.07, 6.45) is 2.69. The molecular weight excluding hydrogens is 368 g/mol. The summed E-state index contributed by atoms with van der Waals surface area (Å²) in [6, 6.07) is 15.9. The third-order valence-corrected chi connectivity index (χ3v) is 5.79. The number of fused-ring (bicyclic) bond motifs is 3. The largest absolute Gasteiger partial charge is 0.496 e. The lowest BCUT2D eigenvalue weighted by Gasteiger charge is -2.35. The topological polar surface area (TPSA) is 46.2 Å². The molecule has 29 heavy (non-hydrogen) atoms. The van der Waals surface area contributed by atoms with Gasteiger partial charge in [0.1, 0.15) is 23.0 Å². The van der Waals surface area contributed by atoms with Crippen LogP contribution in [0.1, 0.15) is 24.0 Å². The van der Waals surface area contributed by atoms with E-state index in [2.05, 4.69) is 12.1 Å². The summed E-state index contributed by atoms with van der Waals surface area (Å²) in [5.41, 5.74) is 2.05. The second kappa shape index (κ2) is 7.25. The van der Waals surface area contributed by atoms with Crippen LogP contribution in [0.15, 0.2) is 48.5 Å². The zero-order valence-corrected chi connectivity index (χ0v) is 16.7. The van der Waals surface area contributed by atoms with Gasteiger partial charge in [-0.3, -0.25) is 0 Å². The number of methoxy groups -OCH3 is 2. The van der Waals surface area contributed by atoms with Crippen molar-refractivity contribution in [3.63, 3.8) is 0 Å². The molecule has 1 fully saturated rings. The first-order valence-electron chi connectivity index (χ1n) is 9.97. The van der Waals surface area contributed by atoms with Crippen molar-refractivity contribution in [2.45, 2.75) is 25.0 Å². The predicted octanol–water partition coefficient (Wildman–Crippen LogP) is 5.19. The van der Waals surface area contributed by atoms with Gasteiger partial charge in [-0.05, 0) is 42.5 Å². The Hall–Kier alpha value is -2.76. The van der Waals surface area contributed by atoms with Gasteiger partial charge in [0, 0.05) is 12.0 Å². The smallest absolute Gasteiger partial charge is 0.199 e. The van der Waals surface area contributed by atoms with Crippen molar-refractivity contribution in [2.24, 2.45) is 0 Å². The highest BCUT2D eigenvalue weighted by Crippen LogP contribution is 2.50. The van der Waals surface area contributed by atoms with Crippen molar-refractivity contribution in [2.75, 3.05) is 27.4 Å². The van der Waals surface area contributed by atoms with Gasteiger partial charge >= 0.3 is 0 Å². The van der Waals surface area contributed by atoms with Crippen molar-refractivity contribution in [1.82, 2.24) is 0 Å². The Morgan fingerprint density at radius 3 is 2.21 bits per heavy atom. The molecule has 0 atom stereocenters. The lowest BCUT2D eigenvalue weighted by atomic mass is 9.85. The maximum absolute atomic E-state index is 6.52. The maximum Gasteiger partial charge on any atom is 0.199 e. The zero-order chi connectivity index (χ0) is 19.8. The second-order valence-corrected chi connectivity index (χ2v) is 7.34. The van der Waals surface area contributed by atoms with Crippen LogP contribution in [0.4, 0.5) is 0 Å². The number of benzene rings is 3. The Morgan fingerprint density at radius 2 is 1.48 bits per heavy atom. The molecule has 1 saturated heterocycles. The van der Waals surface area contributed by atoms with Crippen LogP contribution in [0.3, 0.4) is 0 Å². The lowest BCUT2D eigenvalue weighted by molar-refractivity contribution is -0.176. The molecule has 5 nitrogen and oxygen atoms in total. The van der Waals surface area contributed by atoms with E-state index in [-0.39, 0.29) is 0 Å². The summed E-state index contributed by atoms with van der Waals surface area (Å²) in [7, 11) is 3.37. The molecule has 150 valence electrons. The Balaban J connectivity index is 1.68. The highest BCUT2D eigenvalue weighted by atomic mass is 16.7. The van der Waals surface area contributed by atoms with Crippen molar-refractivity contribution in [3.05, 3.63) is 59.7 Å². The fourth-order valence-electron chi connectivity index (χ4n) is 4.56. The molecule has 0 saturated carbocycles. The van der Waals surface area contributed by atoms with Crippen LogP contribution in [0.25, 0.3) is 10.8 Å². The van der Waals surface area contributed by atoms with Crippen LogP contribution in [0, 0.1) is 0 Å². The van der Waals surface area contributed by atoms with Crippen molar-refractivity contribution < 1.29 is 23.7 Å². The molecule has 3 aromatic rings. The normalized spacial score (nSPS) is 17.3.